The minimum Gasteiger partial charge on any atom is -0.490 e. The van der Waals surface area contributed by atoms with Gasteiger partial charge < -0.3 is 25.2 Å². The summed E-state index contributed by atoms with van der Waals surface area (Å²) in [5.74, 6) is 5.53. The van der Waals surface area contributed by atoms with Crippen molar-refractivity contribution in [1.29, 1.82) is 0 Å². The molecule has 1 aliphatic rings. The summed E-state index contributed by atoms with van der Waals surface area (Å²) >= 11 is 0. The van der Waals surface area contributed by atoms with E-state index in [2.05, 4.69) is 4.99 Å². The van der Waals surface area contributed by atoms with Gasteiger partial charge in [0, 0.05) is 18.7 Å². The number of nitrogens with zero attached hydrogens (tertiary/aromatic N) is 2. The fourth-order valence-corrected chi connectivity index (χ4v) is 4.13. The number of ether oxygens (including phenoxy) is 2. The van der Waals surface area contributed by atoms with Gasteiger partial charge in [-0.3, -0.25) is 9.83 Å². The van der Waals surface area contributed by atoms with E-state index in [1.807, 2.05) is 60.7 Å². The Morgan fingerprint density at radius 2 is 1.58 bits per heavy atom. The molecule has 1 heterocycles. The second-order valence-electron chi connectivity index (χ2n) is 8.78. The highest BCUT2D eigenvalue weighted by Crippen LogP contribution is 2.26. The zero-order valence-corrected chi connectivity index (χ0v) is 20.7. The number of amidine groups is 1. The minimum atomic E-state index is -1.16. The molecule has 1 aliphatic heterocycles. The van der Waals surface area contributed by atoms with Gasteiger partial charge in [-0.2, -0.15) is 0 Å². The van der Waals surface area contributed by atoms with Crippen molar-refractivity contribution in [2.75, 3.05) is 19.7 Å². The van der Waals surface area contributed by atoms with Crippen LogP contribution in [0.4, 0.5) is 4.79 Å². The predicted molar refractivity (Wildman–Crippen MR) is 141 cm³/mol. The average Bonchev–Trinajstić information content (AvgIpc) is 3.42. The zero-order valence-electron chi connectivity index (χ0n) is 20.7. The monoisotopic (exact) mass is 518 g/mol. The molecule has 0 aliphatic carbocycles. The first-order chi connectivity index (χ1) is 18.4. The molecule has 1 unspecified atom stereocenters. The maximum atomic E-state index is 12.9. The second kappa shape index (κ2) is 12.7. The summed E-state index contributed by atoms with van der Waals surface area (Å²) in [7, 11) is 0. The second-order valence-corrected chi connectivity index (χ2v) is 8.78. The third kappa shape index (κ3) is 6.87. The molecule has 1 fully saturated rings. The molecular weight excluding hydrogens is 488 g/mol. The van der Waals surface area contributed by atoms with Gasteiger partial charge in [-0.15, -0.1) is 0 Å². The minimum absolute atomic E-state index is 0.165. The van der Waals surface area contributed by atoms with Gasteiger partial charge in [0.25, 0.3) is 0 Å². The lowest BCUT2D eigenvalue weighted by molar-refractivity contribution is -0.163. The van der Waals surface area contributed by atoms with Crippen LogP contribution in [0.1, 0.15) is 29.2 Å². The average molecular weight is 519 g/mol. The van der Waals surface area contributed by atoms with Crippen molar-refractivity contribution in [2.24, 2.45) is 16.6 Å². The summed E-state index contributed by atoms with van der Waals surface area (Å²) in [4.78, 5) is 34.7. The molecule has 4 rings (SSSR count). The van der Waals surface area contributed by atoms with Crippen LogP contribution < -0.4 is 16.4 Å². The fourth-order valence-electron chi connectivity index (χ4n) is 4.13. The standard InChI is InChI=1S/C28H30N4O6/c29-26(31-22-15-16-32(17-22)28(34)35)21-11-13-23(14-12-21)36-18-24(38-30)27(33)37-25(19-7-3-1-4-8-19)20-9-5-2-6-10-20/h1-14,22,24-25H,15-18,30H2,(H2,29,31)(H,34,35)/t22-,24?/m1/s1. The van der Waals surface area contributed by atoms with Gasteiger partial charge >= 0.3 is 12.1 Å². The molecule has 0 bridgehead atoms. The Hall–Kier alpha value is -4.41. The maximum absolute atomic E-state index is 12.9. The number of hydrogen-bond acceptors (Lipinski definition) is 7. The smallest absolute Gasteiger partial charge is 0.407 e. The SMILES string of the molecule is NOC(COc1ccc(C(N)=N[C@@H]2CCN(C(=O)O)C2)cc1)C(=O)OC(c1ccccc1)c1ccccc1. The molecule has 0 saturated carbocycles. The molecule has 2 atom stereocenters. The Morgan fingerprint density at radius 1 is 0.974 bits per heavy atom. The molecular formula is C28H30N4O6. The number of carbonyl (C=O) groups is 2. The van der Waals surface area contributed by atoms with Gasteiger partial charge in [0.1, 0.15) is 18.2 Å². The van der Waals surface area contributed by atoms with Crippen LogP contribution in [0.25, 0.3) is 0 Å². The van der Waals surface area contributed by atoms with E-state index in [0.717, 1.165) is 11.1 Å². The summed E-state index contributed by atoms with van der Waals surface area (Å²) in [6, 6.07) is 25.5. The highest BCUT2D eigenvalue weighted by atomic mass is 16.7. The van der Waals surface area contributed by atoms with Crippen LogP contribution in [0.5, 0.6) is 5.75 Å². The molecule has 0 spiro atoms. The topological polar surface area (TPSA) is 150 Å². The summed E-state index contributed by atoms with van der Waals surface area (Å²) < 4.78 is 11.5. The van der Waals surface area contributed by atoms with Crippen LogP contribution in [0.3, 0.4) is 0 Å². The maximum Gasteiger partial charge on any atom is 0.407 e. The van der Waals surface area contributed by atoms with Crippen LogP contribution in [-0.4, -0.2) is 59.7 Å². The van der Waals surface area contributed by atoms with E-state index in [0.29, 0.717) is 36.7 Å². The lowest BCUT2D eigenvalue weighted by Gasteiger charge is -2.22. The molecule has 198 valence electrons. The lowest BCUT2D eigenvalue weighted by Crippen LogP contribution is -2.35. The predicted octanol–water partition coefficient (Wildman–Crippen LogP) is 3.11. The molecule has 38 heavy (non-hydrogen) atoms. The first kappa shape index (κ1) is 26.6. The number of benzene rings is 3. The number of hydrogen-bond donors (Lipinski definition) is 3. The summed E-state index contributed by atoms with van der Waals surface area (Å²) in [6.45, 7) is 0.596. The van der Waals surface area contributed by atoms with E-state index in [1.54, 1.807) is 24.3 Å². The molecule has 5 N–H and O–H groups in total. The van der Waals surface area contributed by atoms with Crippen LogP contribution in [0, 0.1) is 0 Å². The quantitative estimate of drug-likeness (QED) is 0.160. The molecule has 0 radical (unpaired) electrons. The third-order valence-electron chi connectivity index (χ3n) is 6.17. The van der Waals surface area contributed by atoms with Crippen LogP contribution in [0.2, 0.25) is 0 Å². The summed E-state index contributed by atoms with van der Waals surface area (Å²) in [6.07, 6.45) is -2.12. The first-order valence-corrected chi connectivity index (χ1v) is 12.1. The van der Waals surface area contributed by atoms with E-state index in [1.165, 1.54) is 4.90 Å². The van der Waals surface area contributed by atoms with Gasteiger partial charge in [-0.05, 0) is 41.8 Å². The molecule has 3 aromatic rings. The van der Waals surface area contributed by atoms with Gasteiger partial charge in [0.05, 0.1) is 6.04 Å². The third-order valence-corrected chi connectivity index (χ3v) is 6.17. The largest absolute Gasteiger partial charge is 0.490 e. The molecule has 10 nitrogen and oxygen atoms in total. The molecule has 1 saturated heterocycles. The number of amides is 1. The zero-order chi connectivity index (χ0) is 26.9. The Balaban J connectivity index is 1.36. The molecule has 10 heteroatoms. The number of aliphatic imine (C=N–C) groups is 1. The van der Waals surface area contributed by atoms with E-state index in [4.69, 9.17) is 31.0 Å². The van der Waals surface area contributed by atoms with Crippen LogP contribution in [0.15, 0.2) is 89.9 Å². The Bertz CT molecular complexity index is 1200. The van der Waals surface area contributed by atoms with Crippen molar-refractivity contribution < 1.29 is 29.0 Å². The number of nitrogens with two attached hydrogens (primary N) is 2. The number of esters is 1. The van der Waals surface area contributed by atoms with Gasteiger partial charge in [0.15, 0.2) is 6.10 Å². The van der Waals surface area contributed by atoms with E-state index in [-0.39, 0.29) is 12.6 Å². The van der Waals surface area contributed by atoms with Crippen molar-refractivity contribution >= 4 is 17.9 Å². The van der Waals surface area contributed by atoms with Crippen molar-refractivity contribution in [1.82, 2.24) is 4.90 Å². The van der Waals surface area contributed by atoms with Crippen molar-refractivity contribution in [3.8, 4) is 5.75 Å². The normalized spacial score (nSPS) is 16.3. The number of rotatable bonds is 10. The van der Waals surface area contributed by atoms with Gasteiger partial charge in [0.2, 0.25) is 6.10 Å². The van der Waals surface area contributed by atoms with Crippen molar-refractivity contribution in [3.05, 3.63) is 102 Å². The highest BCUT2D eigenvalue weighted by molar-refractivity contribution is 5.97. The number of carboxylic acid groups (broad SMARTS) is 1. The van der Waals surface area contributed by atoms with Crippen molar-refractivity contribution in [3.63, 3.8) is 0 Å². The molecule has 3 aromatic carbocycles. The van der Waals surface area contributed by atoms with E-state index in [9.17, 15) is 9.59 Å². The Labute approximate surface area is 220 Å². The van der Waals surface area contributed by atoms with Gasteiger partial charge in [-0.25, -0.2) is 15.5 Å². The number of likely N-dealkylation sites (tertiary alicyclic amines) is 1. The summed E-state index contributed by atoms with van der Waals surface area (Å²) in [5.41, 5.74) is 8.41. The first-order valence-electron chi connectivity index (χ1n) is 12.1. The lowest BCUT2D eigenvalue weighted by atomic mass is 10.0. The van der Waals surface area contributed by atoms with Crippen LogP contribution in [-0.2, 0) is 14.4 Å². The molecule has 0 aromatic heterocycles. The summed E-state index contributed by atoms with van der Waals surface area (Å²) in [5, 5.41) is 9.09. The Morgan fingerprint density at radius 3 is 2.11 bits per heavy atom. The van der Waals surface area contributed by atoms with Crippen LogP contribution >= 0.6 is 0 Å². The molecule has 1 amide bonds. The number of carbonyl (C=O) groups excluding carboxylic acids is 1. The fraction of sp³-hybridized carbons (Fsp3) is 0.250. The van der Waals surface area contributed by atoms with E-state index >= 15 is 0 Å². The van der Waals surface area contributed by atoms with Gasteiger partial charge in [-0.1, -0.05) is 60.7 Å². The Kier molecular flexibility index (Phi) is 8.91. The highest BCUT2D eigenvalue weighted by Gasteiger charge is 2.27. The van der Waals surface area contributed by atoms with E-state index < -0.39 is 24.3 Å². The van der Waals surface area contributed by atoms with Crippen molar-refractivity contribution in [2.45, 2.75) is 24.7 Å².